The lowest BCUT2D eigenvalue weighted by molar-refractivity contribution is 0.503. The molecule has 1 nitrogen and oxygen atoms in total. The number of hydrogen-bond acceptors (Lipinski definition) is 1. The quantitative estimate of drug-likeness (QED) is 0.790. The second kappa shape index (κ2) is 4.33. The summed E-state index contributed by atoms with van der Waals surface area (Å²) in [5.74, 6) is 1.47. The van der Waals surface area contributed by atoms with Gasteiger partial charge in [-0.1, -0.05) is 37.1 Å². The van der Waals surface area contributed by atoms with Gasteiger partial charge in [0.25, 0.3) is 0 Å². The lowest BCUT2D eigenvalue weighted by atomic mass is 9.87. The van der Waals surface area contributed by atoms with E-state index < -0.39 is 0 Å². The Bertz CT molecular complexity index is 294. The van der Waals surface area contributed by atoms with Crippen molar-refractivity contribution < 1.29 is 0 Å². The lowest BCUT2D eigenvalue weighted by Gasteiger charge is -2.16. The molecule has 1 heterocycles. The summed E-state index contributed by atoms with van der Waals surface area (Å²) in [6.07, 6.45) is 1.25. The van der Waals surface area contributed by atoms with Crippen LogP contribution < -0.4 is 5.32 Å². The van der Waals surface area contributed by atoms with Crippen molar-refractivity contribution in [2.45, 2.75) is 19.3 Å². The first-order chi connectivity index (χ1) is 6.81. The second-order valence-corrected chi connectivity index (χ2v) is 4.42. The number of nitrogens with one attached hydrogen (secondary N) is 1. The van der Waals surface area contributed by atoms with Crippen molar-refractivity contribution >= 4 is 11.6 Å². The molecule has 0 amide bonds. The van der Waals surface area contributed by atoms with Gasteiger partial charge in [0, 0.05) is 17.5 Å². The predicted molar refractivity (Wildman–Crippen MR) is 60.8 cm³/mol. The summed E-state index contributed by atoms with van der Waals surface area (Å²) in [4.78, 5) is 0. The molecule has 1 aliphatic rings. The third-order valence-electron chi connectivity index (χ3n) is 3.16. The van der Waals surface area contributed by atoms with Crippen LogP contribution in [-0.2, 0) is 0 Å². The number of rotatable bonds is 2. The van der Waals surface area contributed by atoms with Crippen LogP contribution in [0.3, 0.4) is 0 Å². The van der Waals surface area contributed by atoms with Crippen LogP contribution in [0.2, 0.25) is 5.02 Å². The Balaban J connectivity index is 2.17. The molecule has 2 atom stereocenters. The van der Waals surface area contributed by atoms with Crippen LogP contribution >= 0.6 is 11.6 Å². The number of halogens is 1. The SMILES string of the molecule is CC[C@@H]1CNC[C@@H]1c1ccc(Cl)cc1. The summed E-state index contributed by atoms with van der Waals surface area (Å²) in [6, 6.07) is 8.29. The Hall–Kier alpha value is -0.530. The smallest absolute Gasteiger partial charge is 0.0406 e. The summed E-state index contributed by atoms with van der Waals surface area (Å²) < 4.78 is 0. The molecule has 0 aliphatic carbocycles. The molecule has 1 saturated heterocycles. The van der Waals surface area contributed by atoms with E-state index in [-0.39, 0.29) is 0 Å². The van der Waals surface area contributed by atoms with Crippen molar-refractivity contribution in [1.29, 1.82) is 0 Å². The fourth-order valence-electron chi connectivity index (χ4n) is 2.26. The average Bonchev–Trinajstić information content (AvgIpc) is 2.67. The highest BCUT2D eigenvalue weighted by Gasteiger charge is 2.26. The Morgan fingerprint density at radius 3 is 2.64 bits per heavy atom. The molecule has 1 fully saturated rings. The van der Waals surface area contributed by atoms with E-state index >= 15 is 0 Å². The largest absolute Gasteiger partial charge is 0.316 e. The number of hydrogen-bond donors (Lipinski definition) is 1. The summed E-state index contributed by atoms with van der Waals surface area (Å²) in [5, 5.41) is 4.28. The van der Waals surface area contributed by atoms with Gasteiger partial charge < -0.3 is 5.32 Å². The third kappa shape index (κ3) is 1.94. The standard InChI is InChI=1S/C12H16ClN/c1-2-9-7-14-8-12(9)10-3-5-11(13)6-4-10/h3-6,9,12,14H,2,7-8H2,1H3/t9-,12+/m1/s1. The zero-order chi connectivity index (χ0) is 9.97. The Labute approximate surface area is 90.5 Å². The summed E-state index contributed by atoms with van der Waals surface area (Å²) in [6.45, 7) is 4.53. The van der Waals surface area contributed by atoms with Crippen LogP contribution in [0, 0.1) is 5.92 Å². The van der Waals surface area contributed by atoms with Gasteiger partial charge in [-0.2, -0.15) is 0 Å². The Kier molecular flexibility index (Phi) is 3.09. The van der Waals surface area contributed by atoms with Gasteiger partial charge in [-0.15, -0.1) is 0 Å². The molecule has 1 aromatic carbocycles. The van der Waals surface area contributed by atoms with Crippen LogP contribution in [-0.4, -0.2) is 13.1 Å². The van der Waals surface area contributed by atoms with Crippen LogP contribution in [0.15, 0.2) is 24.3 Å². The molecule has 0 spiro atoms. The van der Waals surface area contributed by atoms with E-state index in [1.54, 1.807) is 0 Å². The maximum absolute atomic E-state index is 5.87. The van der Waals surface area contributed by atoms with Gasteiger partial charge in [0.15, 0.2) is 0 Å². The molecule has 0 aromatic heterocycles. The fourth-order valence-corrected chi connectivity index (χ4v) is 2.39. The molecule has 2 rings (SSSR count). The van der Waals surface area contributed by atoms with Crippen LogP contribution in [0.4, 0.5) is 0 Å². The number of benzene rings is 1. The van der Waals surface area contributed by atoms with E-state index in [4.69, 9.17) is 11.6 Å². The van der Waals surface area contributed by atoms with E-state index in [1.807, 2.05) is 12.1 Å². The second-order valence-electron chi connectivity index (χ2n) is 3.98. The minimum absolute atomic E-state index is 0.678. The van der Waals surface area contributed by atoms with Crippen molar-refractivity contribution in [3.63, 3.8) is 0 Å². The highest BCUT2D eigenvalue weighted by Crippen LogP contribution is 2.30. The molecule has 1 aromatic rings. The summed E-state index contributed by atoms with van der Waals surface area (Å²) >= 11 is 5.87. The first kappa shape index (κ1) is 10.0. The minimum Gasteiger partial charge on any atom is -0.316 e. The van der Waals surface area contributed by atoms with E-state index in [0.29, 0.717) is 5.92 Å². The first-order valence-corrected chi connectivity index (χ1v) is 5.65. The van der Waals surface area contributed by atoms with Crippen molar-refractivity contribution in [1.82, 2.24) is 5.32 Å². The molecule has 0 unspecified atom stereocenters. The Morgan fingerprint density at radius 1 is 1.29 bits per heavy atom. The zero-order valence-corrected chi connectivity index (χ0v) is 9.22. The van der Waals surface area contributed by atoms with E-state index in [1.165, 1.54) is 12.0 Å². The molecular formula is C12H16ClN. The molecule has 1 N–H and O–H groups in total. The van der Waals surface area contributed by atoms with E-state index in [0.717, 1.165) is 24.0 Å². The molecular weight excluding hydrogens is 194 g/mol. The maximum atomic E-state index is 5.87. The van der Waals surface area contributed by atoms with Crippen molar-refractivity contribution in [2.75, 3.05) is 13.1 Å². The van der Waals surface area contributed by atoms with E-state index in [2.05, 4.69) is 24.4 Å². The topological polar surface area (TPSA) is 12.0 Å². The van der Waals surface area contributed by atoms with Gasteiger partial charge in [-0.05, 0) is 30.2 Å². The monoisotopic (exact) mass is 209 g/mol. The lowest BCUT2D eigenvalue weighted by Crippen LogP contribution is -2.09. The van der Waals surface area contributed by atoms with Crippen LogP contribution in [0.25, 0.3) is 0 Å². The molecule has 0 saturated carbocycles. The molecule has 0 bridgehead atoms. The molecule has 0 radical (unpaired) electrons. The summed E-state index contributed by atoms with van der Waals surface area (Å²) in [5.41, 5.74) is 1.42. The van der Waals surface area contributed by atoms with Gasteiger partial charge in [0.05, 0.1) is 0 Å². The van der Waals surface area contributed by atoms with Crippen molar-refractivity contribution in [2.24, 2.45) is 5.92 Å². The first-order valence-electron chi connectivity index (χ1n) is 5.27. The zero-order valence-electron chi connectivity index (χ0n) is 8.46. The summed E-state index contributed by atoms with van der Waals surface area (Å²) in [7, 11) is 0. The average molecular weight is 210 g/mol. The fraction of sp³-hybridized carbons (Fsp3) is 0.500. The van der Waals surface area contributed by atoms with Gasteiger partial charge in [-0.25, -0.2) is 0 Å². The molecule has 1 aliphatic heterocycles. The van der Waals surface area contributed by atoms with Gasteiger partial charge in [0.1, 0.15) is 0 Å². The third-order valence-corrected chi connectivity index (χ3v) is 3.41. The Morgan fingerprint density at radius 2 is 2.00 bits per heavy atom. The van der Waals surface area contributed by atoms with Gasteiger partial charge in [-0.3, -0.25) is 0 Å². The van der Waals surface area contributed by atoms with Gasteiger partial charge >= 0.3 is 0 Å². The predicted octanol–water partition coefficient (Wildman–Crippen LogP) is 3.05. The highest BCUT2D eigenvalue weighted by atomic mass is 35.5. The molecule has 14 heavy (non-hydrogen) atoms. The molecule has 2 heteroatoms. The molecule has 76 valence electrons. The van der Waals surface area contributed by atoms with Gasteiger partial charge in [0.2, 0.25) is 0 Å². The van der Waals surface area contributed by atoms with E-state index in [9.17, 15) is 0 Å². The van der Waals surface area contributed by atoms with Crippen LogP contribution in [0.1, 0.15) is 24.8 Å². The normalized spacial score (nSPS) is 26.7. The minimum atomic E-state index is 0.678. The van der Waals surface area contributed by atoms with Crippen molar-refractivity contribution in [3.8, 4) is 0 Å². The highest BCUT2D eigenvalue weighted by molar-refractivity contribution is 6.30. The van der Waals surface area contributed by atoms with Crippen LogP contribution in [0.5, 0.6) is 0 Å². The maximum Gasteiger partial charge on any atom is 0.0406 e. The van der Waals surface area contributed by atoms with Crippen molar-refractivity contribution in [3.05, 3.63) is 34.9 Å².